The molecule has 1 saturated carbocycles. The second kappa shape index (κ2) is 5.84. The van der Waals surface area contributed by atoms with E-state index >= 15 is 0 Å². The number of nitrogens with one attached hydrogen (secondary N) is 3. The molecule has 2 aromatic heterocycles. The monoisotopic (exact) mass is 327 g/mol. The Balaban J connectivity index is 1.73. The van der Waals surface area contributed by atoms with Gasteiger partial charge in [0.15, 0.2) is 5.03 Å². The van der Waals surface area contributed by atoms with E-state index in [1.807, 2.05) is 5.38 Å². The van der Waals surface area contributed by atoms with Gasteiger partial charge in [0, 0.05) is 29.7 Å². The molecule has 3 rings (SSSR count). The van der Waals surface area contributed by atoms with E-state index in [-0.39, 0.29) is 11.1 Å². The quantitative estimate of drug-likeness (QED) is 0.708. The molecule has 0 aromatic carbocycles. The van der Waals surface area contributed by atoms with E-state index in [0.29, 0.717) is 18.2 Å². The Hall–Kier alpha value is -1.29. The molecule has 2 heterocycles. The number of rotatable bonds is 7. The van der Waals surface area contributed by atoms with Crippen LogP contribution in [-0.2, 0) is 16.6 Å². The molecule has 0 radical (unpaired) electrons. The van der Waals surface area contributed by atoms with Gasteiger partial charge in [-0.2, -0.15) is 5.10 Å². The van der Waals surface area contributed by atoms with Gasteiger partial charge in [-0.15, -0.1) is 11.3 Å². The maximum Gasteiger partial charge on any atom is 0.258 e. The summed E-state index contributed by atoms with van der Waals surface area (Å²) < 4.78 is 27.5. The fraction of sp³-hybridized carbons (Fsp3) is 0.500. The lowest BCUT2D eigenvalue weighted by Crippen LogP contribution is -2.28. The number of sulfonamides is 1. The van der Waals surface area contributed by atoms with E-state index in [1.165, 1.54) is 11.3 Å². The van der Waals surface area contributed by atoms with E-state index in [2.05, 4.69) is 25.2 Å². The van der Waals surface area contributed by atoms with Gasteiger partial charge < -0.3 is 5.32 Å². The Morgan fingerprint density at radius 2 is 2.33 bits per heavy atom. The SMILES string of the molecule is CC(NS(=O)(=O)c1[nH]ncc1CNC1CC1)c1nccs1. The third-order valence-corrected chi connectivity index (χ3v) is 5.77. The molecule has 0 aliphatic heterocycles. The molecular weight excluding hydrogens is 310 g/mol. The molecular formula is C12H17N5O2S2. The fourth-order valence-electron chi connectivity index (χ4n) is 1.99. The number of hydrogen-bond acceptors (Lipinski definition) is 6. The van der Waals surface area contributed by atoms with Gasteiger partial charge in [0.25, 0.3) is 10.0 Å². The van der Waals surface area contributed by atoms with Crippen LogP contribution in [0.15, 0.2) is 22.8 Å². The van der Waals surface area contributed by atoms with Crippen molar-refractivity contribution >= 4 is 21.4 Å². The van der Waals surface area contributed by atoms with Gasteiger partial charge in [-0.1, -0.05) is 0 Å². The number of aromatic nitrogens is 3. The van der Waals surface area contributed by atoms with Crippen LogP contribution in [0, 0.1) is 0 Å². The number of aromatic amines is 1. The maximum atomic E-state index is 12.4. The lowest BCUT2D eigenvalue weighted by Gasteiger charge is -2.12. The van der Waals surface area contributed by atoms with E-state index < -0.39 is 10.0 Å². The zero-order valence-electron chi connectivity index (χ0n) is 11.5. The Morgan fingerprint density at radius 1 is 1.52 bits per heavy atom. The molecule has 0 saturated heterocycles. The van der Waals surface area contributed by atoms with Crippen molar-refractivity contribution in [3.8, 4) is 0 Å². The van der Waals surface area contributed by atoms with Crippen molar-refractivity contribution in [2.75, 3.05) is 0 Å². The van der Waals surface area contributed by atoms with Crippen LogP contribution in [0.25, 0.3) is 0 Å². The van der Waals surface area contributed by atoms with Crippen LogP contribution in [0.2, 0.25) is 0 Å². The second-order valence-corrected chi connectivity index (χ2v) is 7.67. The maximum absolute atomic E-state index is 12.4. The van der Waals surface area contributed by atoms with Crippen molar-refractivity contribution in [2.24, 2.45) is 0 Å². The van der Waals surface area contributed by atoms with Gasteiger partial charge in [-0.05, 0) is 19.8 Å². The molecule has 1 aliphatic carbocycles. The average molecular weight is 327 g/mol. The first-order chi connectivity index (χ1) is 10.1. The van der Waals surface area contributed by atoms with Gasteiger partial charge >= 0.3 is 0 Å². The summed E-state index contributed by atoms with van der Waals surface area (Å²) in [7, 11) is -3.64. The molecule has 0 bridgehead atoms. The summed E-state index contributed by atoms with van der Waals surface area (Å²) in [6.45, 7) is 2.28. The third-order valence-electron chi connectivity index (χ3n) is 3.26. The zero-order valence-corrected chi connectivity index (χ0v) is 13.2. The summed E-state index contributed by atoms with van der Waals surface area (Å²) in [4.78, 5) is 4.13. The first-order valence-electron chi connectivity index (χ1n) is 6.73. The van der Waals surface area contributed by atoms with Crippen molar-refractivity contribution in [1.29, 1.82) is 0 Å². The van der Waals surface area contributed by atoms with Crippen LogP contribution >= 0.6 is 11.3 Å². The molecule has 1 aliphatic rings. The average Bonchev–Trinajstić information content (AvgIpc) is 2.95. The summed E-state index contributed by atoms with van der Waals surface area (Å²) in [5.74, 6) is 0. The highest BCUT2D eigenvalue weighted by molar-refractivity contribution is 7.89. The molecule has 1 fully saturated rings. The van der Waals surface area contributed by atoms with Gasteiger partial charge in [-0.3, -0.25) is 5.10 Å². The number of thiazole rings is 1. The van der Waals surface area contributed by atoms with Gasteiger partial charge in [0.05, 0.1) is 12.2 Å². The normalized spacial score (nSPS) is 17.0. The predicted octanol–water partition coefficient (Wildman–Crippen LogP) is 1.16. The lowest BCUT2D eigenvalue weighted by molar-refractivity contribution is 0.559. The number of nitrogens with zero attached hydrogens (tertiary/aromatic N) is 2. The van der Waals surface area contributed by atoms with Crippen LogP contribution in [-0.4, -0.2) is 29.6 Å². The van der Waals surface area contributed by atoms with Crippen molar-refractivity contribution in [3.05, 3.63) is 28.3 Å². The van der Waals surface area contributed by atoms with E-state index in [1.54, 1.807) is 19.3 Å². The van der Waals surface area contributed by atoms with Crippen molar-refractivity contribution in [1.82, 2.24) is 25.2 Å². The highest BCUT2D eigenvalue weighted by Gasteiger charge is 2.26. The van der Waals surface area contributed by atoms with Gasteiger partial charge in [-0.25, -0.2) is 18.1 Å². The molecule has 2 aromatic rings. The molecule has 114 valence electrons. The topological polar surface area (TPSA) is 99.8 Å². The molecule has 1 unspecified atom stereocenters. The highest BCUT2D eigenvalue weighted by Crippen LogP contribution is 2.22. The Bertz CT molecular complexity index is 691. The van der Waals surface area contributed by atoms with Crippen molar-refractivity contribution in [3.63, 3.8) is 0 Å². The smallest absolute Gasteiger partial charge is 0.258 e. The zero-order chi connectivity index (χ0) is 14.9. The summed E-state index contributed by atoms with van der Waals surface area (Å²) >= 11 is 1.42. The molecule has 3 N–H and O–H groups in total. The van der Waals surface area contributed by atoms with E-state index in [4.69, 9.17) is 0 Å². The molecule has 9 heteroatoms. The van der Waals surface area contributed by atoms with Crippen molar-refractivity contribution < 1.29 is 8.42 Å². The van der Waals surface area contributed by atoms with Crippen molar-refractivity contribution in [2.45, 2.75) is 43.4 Å². The minimum absolute atomic E-state index is 0.124. The first kappa shape index (κ1) is 14.6. The number of H-pyrrole nitrogens is 1. The van der Waals surface area contributed by atoms with E-state index in [0.717, 1.165) is 17.8 Å². The fourth-order valence-corrected chi connectivity index (χ4v) is 4.05. The van der Waals surface area contributed by atoms with Crippen LogP contribution in [0.1, 0.15) is 36.4 Å². The third kappa shape index (κ3) is 3.49. The second-order valence-electron chi connectivity index (χ2n) is 5.09. The minimum Gasteiger partial charge on any atom is -0.310 e. The molecule has 0 spiro atoms. The lowest BCUT2D eigenvalue weighted by atomic mass is 10.3. The van der Waals surface area contributed by atoms with Crippen LogP contribution in [0.5, 0.6) is 0 Å². The molecule has 1 atom stereocenters. The standard InChI is InChI=1S/C12H17N5O2S2/c1-8(11-13-4-5-20-11)17-21(18,19)12-9(7-15-16-12)6-14-10-2-3-10/h4-5,7-8,10,14,17H,2-3,6H2,1H3,(H,15,16). The Morgan fingerprint density at radius 3 is 3.00 bits per heavy atom. The summed E-state index contributed by atoms with van der Waals surface area (Å²) in [5, 5.41) is 12.4. The van der Waals surface area contributed by atoms with Gasteiger partial charge in [0.2, 0.25) is 0 Å². The highest BCUT2D eigenvalue weighted by atomic mass is 32.2. The molecule has 0 amide bonds. The summed E-state index contributed by atoms with van der Waals surface area (Å²) in [6.07, 6.45) is 5.52. The first-order valence-corrected chi connectivity index (χ1v) is 9.10. The predicted molar refractivity (Wildman–Crippen MR) is 79.3 cm³/mol. The Kier molecular flexibility index (Phi) is 4.07. The largest absolute Gasteiger partial charge is 0.310 e. The van der Waals surface area contributed by atoms with Crippen LogP contribution in [0.4, 0.5) is 0 Å². The number of hydrogen-bond donors (Lipinski definition) is 3. The van der Waals surface area contributed by atoms with Gasteiger partial charge in [0.1, 0.15) is 5.01 Å². The van der Waals surface area contributed by atoms with E-state index in [9.17, 15) is 8.42 Å². The molecule has 21 heavy (non-hydrogen) atoms. The van der Waals surface area contributed by atoms with Crippen LogP contribution < -0.4 is 10.0 Å². The Labute approximate surface area is 127 Å². The summed E-state index contributed by atoms with van der Waals surface area (Å²) in [6, 6.07) is 0.139. The molecule has 7 nitrogen and oxygen atoms in total. The van der Waals surface area contributed by atoms with Crippen LogP contribution in [0.3, 0.4) is 0 Å². The summed E-state index contributed by atoms with van der Waals surface area (Å²) in [5.41, 5.74) is 0.653. The minimum atomic E-state index is -3.64.